The highest BCUT2D eigenvalue weighted by Crippen LogP contribution is 2.26. The lowest BCUT2D eigenvalue weighted by molar-refractivity contribution is -0.150. The second-order valence-electron chi connectivity index (χ2n) is 22.2. The maximum atomic E-state index is 12.4. The molecule has 0 aliphatic heterocycles. The number of nitrogens with one attached hydrogen (secondary N) is 1. The molecule has 5 nitrogen and oxygen atoms in total. The van der Waals surface area contributed by atoms with Crippen LogP contribution in [0.3, 0.4) is 0 Å². The minimum atomic E-state index is 0.0336. The van der Waals surface area contributed by atoms with Gasteiger partial charge in [-0.15, -0.1) is 5.73 Å². The molecule has 0 rings (SSSR count). The van der Waals surface area contributed by atoms with Crippen LogP contribution in [0.5, 0.6) is 0 Å². The van der Waals surface area contributed by atoms with Crippen LogP contribution in [0.1, 0.15) is 331 Å². The van der Waals surface area contributed by atoms with Gasteiger partial charge < -0.3 is 19.7 Å². The standard InChI is InChI=1S/C44H88N2O2.C12H20O.C10H22/c1-8-12-30-41(31-13-9-2)39-40(5)29-24-20-16-17-21-25-32-42(46(7)38-28-37-45-6)33-26-22-18-19-23-27-36-44(47)48-43(34-14-10-3)35-15-11-4;1-3-12(2)10-8-6-4-5-7-9-11-13;1-4-6-8-10(3)9-7-5-2/h41-43,45H,5,8-39H2,1-4,6-7H3;11H,1,4-10H2,2H3;10H,4-9H2,1-3H3. The lowest BCUT2D eigenvalue weighted by atomic mass is 9.88. The molecule has 0 aliphatic rings. The average molecular weight is 1000 g/mol. The number of hydrogen-bond acceptors (Lipinski definition) is 5. The van der Waals surface area contributed by atoms with E-state index in [1.54, 1.807) is 0 Å². The number of rotatable bonds is 52. The SMILES string of the molecule is C=C(CCCCCCCCC(CCCCCCCCC(=O)OC(CCCC)CCCC)N(C)CCCNC)CC(CCCC)CCCC.C=C=C(C)CCCCCCCC=O.CCCCC(C)CCCC. The Morgan fingerprint density at radius 2 is 0.986 bits per heavy atom. The second-order valence-corrected chi connectivity index (χ2v) is 22.2. The van der Waals surface area contributed by atoms with Crippen molar-refractivity contribution in [3.05, 3.63) is 30.0 Å². The second kappa shape index (κ2) is 60.9. The molecular formula is C66H130N2O3. The fraction of sp³-hybridized carbons (Fsp3) is 0.894. The number of hydrogen-bond donors (Lipinski definition) is 1. The van der Waals surface area contributed by atoms with Crippen molar-refractivity contribution in [1.29, 1.82) is 0 Å². The van der Waals surface area contributed by atoms with E-state index in [2.05, 4.69) is 98.6 Å². The Morgan fingerprint density at radius 3 is 1.45 bits per heavy atom. The molecule has 0 aliphatic carbocycles. The third kappa shape index (κ3) is 57.5. The molecule has 0 aromatic heterocycles. The Bertz CT molecular complexity index is 1070. The molecule has 1 unspecified atom stereocenters. The van der Waals surface area contributed by atoms with E-state index in [0.29, 0.717) is 6.42 Å². The van der Waals surface area contributed by atoms with Crippen LogP contribution in [-0.4, -0.2) is 56.5 Å². The van der Waals surface area contributed by atoms with Gasteiger partial charge in [-0.2, -0.15) is 0 Å². The van der Waals surface area contributed by atoms with Gasteiger partial charge in [-0.05, 0) is 129 Å². The summed E-state index contributed by atoms with van der Waals surface area (Å²) < 4.78 is 5.84. The van der Waals surface area contributed by atoms with Crippen molar-refractivity contribution >= 4 is 12.3 Å². The van der Waals surface area contributed by atoms with E-state index >= 15 is 0 Å². The van der Waals surface area contributed by atoms with Crippen molar-refractivity contribution in [1.82, 2.24) is 10.2 Å². The highest BCUT2D eigenvalue weighted by molar-refractivity contribution is 5.69. The van der Waals surface area contributed by atoms with E-state index in [1.807, 2.05) is 0 Å². The molecule has 0 saturated heterocycles. The zero-order valence-corrected chi connectivity index (χ0v) is 50.3. The van der Waals surface area contributed by atoms with Gasteiger partial charge in [-0.25, -0.2) is 0 Å². The predicted octanol–water partition coefficient (Wildman–Crippen LogP) is 21.0. The van der Waals surface area contributed by atoms with Crippen LogP contribution in [-0.2, 0) is 14.3 Å². The molecule has 0 spiro atoms. The van der Waals surface area contributed by atoms with Gasteiger partial charge in [0, 0.05) is 18.9 Å². The first-order valence-electron chi connectivity index (χ1n) is 31.5. The zero-order valence-electron chi connectivity index (χ0n) is 50.3. The quantitative estimate of drug-likeness (QED) is 0.0216. The number of carbonyl (C=O) groups is 2. The van der Waals surface area contributed by atoms with E-state index in [0.717, 1.165) is 88.5 Å². The van der Waals surface area contributed by atoms with Gasteiger partial charge in [0.05, 0.1) is 0 Å². The molecule has 0 aromatic rings. The molecule has 422 valence electrons. The summed E-state index contributed by atoms with van der Waals surface area (Å²) in [6.45, 7) is 28.4. The summed E-state index contributed by atoms with van der Waals surface area (Å²) in [5.41, 5.74) is 5.67. The largest absolute Gasteiger partial charge is 0.462 e. The number of unbranched alkanes of at least 4 members (excludes halogenated alkanes) is 21. The van der Waals surface area contributed by atoms with Crippen molar-refractivity contribution in [2.75, 3.05) is 27.2 Å². The van der Waals surface area contributed by atoms with Gasteiger partial charge in [-0.3, -0.25) is 4.79 Å². The summed E-state index contributed by atoms with van der Waals surface area (Å²) in [7, 11) is 4.42. The van der Waals surface area contributed by atoms with Crippen LogP contribution >= 0.6 is 0 Å². The van der Waals surface area contributed by atoms with Crippen LogP contribution in [0, 0.1) is 11.8 Å². The van der Waals surface area contributed by atoms with Gasteiger partial charge in [0.25, 0.3) is 0 Å². The molecule has 0 fully saturated rings. The van der Waals surface area contributed by atoms with E-state index < -0.39 is 0 Å². The van der Waals surface area contributed by atoms with Crippen molar-refractivity contribution in [2.24, 2.45) is 11.8 Å². The minimum absolute atomic E-state index is 0.0336. The monoisotopic (exact) mass is 999 g/mol. The average Bonchev–Trinajstić information content (AvgIpc) is 3.37. The molecule has 0 heterocycles. The first kappa shape index (κ1) is 73.6. The third-order valence-corrected chi connectivity index (χ3v) is 14.9. The molecular weight excluding hydrogens is 869 g/mol. The number of esters is 1. The first-order valence-corrected chi connectivity index (χ1v) is 31.5. The van der Waals surface area contributed by atoms with Gasteiger partial charge in [0.1, 0.15) is 12.4 Å². The van der Waals surface area contributed by atoms with Crippen LogP contribution in [0.2, 0.25) is 0 Å². The number of allylic oxidation sites excluding steroid dienone is 2. The molecule has 0 saturated carbocycles. The predicted molar refractivity (Wildman–Crippen MR) is 319 cm³/mol. The smallest absolute Gasteiger partial charge is 0.306 e. The Hall–Kier alpha value is -1.68. The number of aldehydes is 1. The zero-order chi connectivity index (χ0) is 53.3. The highest BCUT2D eigenvalue weighted by Gasteiger charge is 2.16. The third-order valence-electron chi connectivity index (χ3n) is 14.9. The van der Waals surface area contributed by atoms with Crippen LogP contribution in [0.4, 0.5) is 0 Å². The molecule has 0 bridgehead atoms. The van der Waals surface area contributed by atoms with Gasteiger partial charge in [0.2, 0.25) is 0 Å². The molecule has 0 amide bonds. The summed E-state index contributed by atoms with van der Waals surface area (Å²) in [4.78, 5) is 25.1. The maximum absolute atomic E-state index is 12.4. The van der Waals surface area contributed by atoms with Crippen molar-refractivity contribution in [2.45, 2.75) is 344 Å². The Morgan fingerprint density at radius 1 is 0.563 bits per heavy atom. The van der Waals surface area contributed by atoms with E-state index in [-0.39, 0.29) is 12.1 Å². The Balaban J connectivity index is -0.00000163. The fourth-order valence-electron chi connectivity index (χ4n) is 9.79. The molecule has 1 atom stereocenters. The summed E-state index contributed by atoms with van der Waals surface area (Å²) in [5, 5.41) is 3.32. The van der Waals surface area contributed by atoms with Crippen molar-refractivity contribution in [3.8, 4) is 0 Å². The fourth-order valence-corrected chi connectivity index (χ4v) is 9.79. The number of ether oxygens (including phenoxy) is 1. The van der Waals surface area contributed by atoms with Crippen LogP contribution in [0.15, 0.2) is 30.0 Å². The molecule has 71 heavy (non-hydrogen) atoms. The summed E-state index contributed by atoms with van der Waals surface area (Å²) in [5.74, 6) is 1.89. The number of nitrogens with zero attached hydrogens (tertiary/aromatic N) is 1. The van der Waals surface area contributed by atoms with E-state index in [9.17, 15) is 9.59 Å². The summed E-state index contributed by atoms with van der Waals surface area (Å²) >= 11 is 0. The topological polar surface area (TPSA) is 58.6 Å². The summed E-state index contributed by atoms with van der Waals surface area (Å²) in [6, 6.07) is 0.724. The summed E-state index contributed by atoms with van der Waals surface area (Å²) in [6.07, 6.45) is 55.0. The van der Waals surface area contributed by atoms with Gasteiger partial charge in [-0.1, -0.05) is 253 Å². The lowest BCUT2D eigenvalue weighted by Crippen LogP contribution is -2.33. The minimum Gasteiger partial charge on any atom is -0.462 e. The highest BCUT2D eigenvalue weighted by atomic mass is 16.5. The molecule has 1 N–H and O–H groups in total. The van der Waals surface area contributed by atoms with Crippen LogP contribution < -0.4 is 5.32 Å². The van der Waals surface area contributed by atoms with Gasteiger partial charge in [0.15, 0.2) is 0 Å². The molecule has 5 heteroatoms. The van der Waals surface area contributed by atoms with Gasteiger partial charge >= 0.3 is 5.97 Å². The lowest BCUT2D eigenvalue weighted by Gasteiger charge is -2.28. The first-order chi connectivity index (χ1) is 34.5. The molecule has 0 radical (unpaired) electrons. The number of carbonyl (C=O) groups excluding carboxylic acids is 2. The Labute approximate surface area is 447 Å². The van der Waals surface area contributed by atoms with E-state index in [1.165, 1.54) is 230 Å². The van der Waals surface area contributed by atoms with Crippen molar-refractivity contribution < 1.29 is 14.3 Å². The maximum Gasteiger partial charge on any atom is 0.306 e. The van der Waals surface area contributed by atoms with E-state index in [4.69, 9.17) is 4.74 Å². The normalized spacial score (nSPS) is 11.6. The molecule has 0 aromatic carbocycles. The Kier molecular flexibility index (Phi) is 63.1. The van der Waals surface area contributed by atoms with Crippen molar-refractivity contribution in [3.63, 3.8) is 0 Å². The van der Waals surface area contributed by atoms with Crippen LogP contribution in [0.25, 0.3) is 0 Å².